The van der Waals surface area contributed by atoms with Gasteiger partial charge in [0.05, 0.1) is 11.6 Å². The van der Waals surface area contributed by atoms with Crippen molar-refractivity contribution in [3.05, 3.63) is 34.1 Å². The van der Waals surface area contributed by atoms with E-state index < -0.39 is 0 Å². The third-order valence-corrected chi connectivity index (χ3v) is 2.47. The van der Waals surface area contributed by atoms with Crippen LogP contribution in [0.5, 0.6) is 0 Å². The molecule has 0 atom stereocenters. The predicted molar refractivity (Wildman–Crippen MR) is 54.4 cm³/mol. The Morgan fingerprint density at radius 2 is 2.29 bits per heavy atom. The highest BCUT2D eigenvalue weighted by molar-refractivity contribution is 9.10. The molecule has 0 amide bonds. The summed E-state index contributed by atoms with van der Waals surface area (Å²) >= 11 is 3.06. The Morgan fingerprint density at radius 1 is 1.57 bits per heavy atom. The van der Waals surface area contributed by atoms with Crippen LogP contribution in [0.2, 0.25) is 0 Å². The van der Waals surface area contributed by atoms with Crippen molar-refractivity contribution in [3.63, 3.8) is 0 Å². The third kappa shape index (κ3) is 3.10. The molecule has 0 fully saturated rings. The average molecular weight is 261 g/mol. The molecule has 0 saturated heterocycles. The summed E-state index contributed by atoms with van der Waals surface area (Å²) in [5.41, 5.74) is 0.788. The number of aryl methyl sites for hydroxylation is 1. The zero-order valence-corrected chi connectivity index (χ0v) is 9.30. The second-order valence-electron chi connectivity index (χ2n) is 2.82. The van der Waals surface area contributed by atoms with E-state index >= 15 is 0 Å². The van der Waals surface area contributed by atoms with Gasteiger partial charge in [-0.25, -0.2) is 4.39 Å². The molecule has 0 unspecified atom stereocenters. The molecule has 0 aliphatic carbocycles. The fourth-order valence-corrected chi connectivity index (χ4v) is 1.29. The van der Waals surface area contributed by atoms with Crippen LogP contribution in [0.1, 0.15) is 12.0 Å². The number of halogens is 2. The monoisotopic (exact) mass is 260 g/mol. The lowest BCUT2D eigenvalue weighted by Crippen LogP contribution is -2.02. The van der Waals surface area contributed by atoms with Gasteiger partial charge in [0.25, 0.3) is 0 Å². The van der Waals surface area contributed by atoms with E-state index in [1.54, 1.807) is 12.1 Å². The van der Waals surface area contributed by atoms with Gasteiger partial charge in [-0.1, -0.05) is 6.07 Å². The molecule has 0 heterocycles. The molecule has 1 aromatic rings. The zero-order chi connectivity index (χ0) is 10.6. The standard InChI is InChI=1S/C10H10BrFO2/c1-14-10(13)5-3-7-2-4-8(11)9(12)6-7/h2,4,6H,3,5H2,1H3. The van der Waals surface area contributed by atoms with Gasteiger partial charge in [-0.2, -0.15) is 0 Å². The lowest BCUT2D eigenvalue weighted by atomic mass is 10.1. The number of carbonyl (C=O) groups is 1. The predicted octanol–water partition coefficient (Wildman–Crippen LogP) is 2.69. The van der Waals surface area contributed by atoms with Crippen LogP contribution in [0.25, 0.3) is 0 Å². The first-order valence-electron chi connectivity index (χ1n) is 4.14. The van der Waals surface area contributed by atoms with E-state index in [1.807, 2.05) is 0 Å². The second-order valence-corrected chi connectivity index (χ2v) is 3.68. The van der Waals surface area contributed by atoms with E-state index in [2.05, 4.69) is 20.7 Å². The first kappa shape index (κ1) is 11.2. The molecule has 0 radical (unpaired) electrons. The summed E-state index contributed by atoms with van der Waals surface area (Å²) in [6.07, 6.45) is 0.772. The molecule has 0 aliphatic rings. The van der Waals surface area contributed by atoms with Crippen molar-refractivity contribution in [2.45, 2.75) is 12.8 Å². The molecule has 1 aromatic carbocycles. The molecule has 76 valence electrons. The lowest BCUT2D eigenvalue weighted by molar-refractivity contribution is -0.140. The number of methoxy groups -OCH3 is 1. The number of esters is 1. The van der Waals surface area contributed by atoms with E-state index in [9.17, 15) is 9.18 Å². The van der Waals surface area contributed by atoms with Gasteiger partial charge in [-0.3, -0.25) is 4.79 Å². The topological polar surface area (TPSA) is 26.3 Å². The molecule has 0 N–H and O–H groups in total. The van der Waals surface area contributed by atoms with E-state index in [0.717, 1.165) is 5.56 Å². The molecule has 0 bridgehead atoms. The second kappa shape index (κ2) is 5.10. The van der Waals surface area contributed by atoms with Crippen molar-refractivity contribution in [1.29, 1.82) is 0 Å². The Labute approximate surface area is 90.2 Å². The Hall–Kier alpha value is -0.900. The number of hydrogen-bond donors (Lipinski definition) is 0. The Bertz CT molecular complexity index is 339. The van der Waals surface area contributed by atoms with Crippen LogP contribution in [-0.4, -0.2) is 13.1 Å². The highest BCUT2D eigenvalue weighted by Gasteiger charge is 2.04. The number of benzene rings is 1. The molecule has 2 nitrogen and oxygen atoms in total. The van der Waals surface area contributed by atoms with Gasteiger partial charge in [0.2, 0.25) is 0 Å². The Balaban J connectivity index is 2.60. The summed E-state index contributed by atoms with van der Waals surface area (Å²) < 4.78 is 17.9. The van der Waals surface area contributed by atoms with E-state index in [-0.39, 0.29) is 18.2 Å². The summed E-state index contributed by atoms with van der Waals surface area (Å²) in [6.45, 7) is 0. The first-order valence-corrected chi connectivity index (χ1v) is 4.93. The quantitative estimate of drug-likeness (QED) is 0.782. The van der Waals surface area contributed by atoms with Gasteiger partial charge in [-0.15, -0.1) is 0 Å². The van der Waals surface area contributed by atoms with Crippen LogP contribution in [0, 0.1) is 5.82 Å². The van der Waals surface area contributed by atoms with Crippen LogP contribution < -0.4 is 0 Å². The first-order chi connectivity index (χ1) is 6.63. The molecular weight excluding hydrogens is 251 g/mol. The van der Waals surface area contributed by atoms with Gasteiger partial charge in [0.1, 0.15) is 5.82 Å². The highest BCUT2D eigenvalue weighted by atomic mass is 79.9. The maximum Gasteiger partial charge on any atom is 0.305 e. The Kier molecular flexibility index (Phi) is 4.07. The summed E-state index contributed by atoms with van der Waals surface area (Å²) in [6, 6.07) is 4.81. The normalized spacial score (nSPS) is 9.93. The largest absolute Gasteiger partial charge is 0.469 e. The molecule has 1 rings (SSSR count). The molecular formula is C10H10BrFO2. The smallest absolute Gasteiger partial charge is 0.305 e. The molecule has 0 spiro atoms. The Morgan fingerprint density at radius 3 is 2.86 bits per heavy atom. The summed E-state index contributed by atoms with van der Waals surface area (Å²) in [5, 5.41) is 0. The fourth-order valence-electron chi connectivity index (χ4n) is 1.04. The molecule has 0 saturated carbocycles. The van der Waals surface area contributed by atoms with Crippen molar-refractivity contribution < 1.29 is 13.9 Å². The van der Waals surface area contributed by atoms with E-state index in [0.29, 0.717) is 10.9 Å². The number of rotatable bonds is 3. The molecule has 14 heavy (non-hydrogen) atoms. The number of ether oxygens (including phenoxy) is 1. The van der Waals surface area contributed by atoms with Gasteiger partial charge in [0, 0.05) is 6.42 Å². The number of hydrogen-bond acceptors (Lipinski definition) is 2. The van der Waals surface area contributed by atoms with Crippen LogP contribution in [0.4, 0.5) is 4.39 Å². The van der Waals surface area contributed by atoms with Gasteiger partial charge in [0.15, 0.2) is 0 Å². The zero-order valence-electron chi connectivity index (χ0n) is 7.72. The van der Waals surface area contributed by atoms with Crippen LogP contribution in [0.15, 0.2) is 22.7 Å². The SMILES string of the molecule is COC(=O)CCc1ccc(Br)c(F)c1. The van der Waals surface area contributed by atoms with Gasteiger partial charge < -0.3 is 4.74 Å². The average Bonchev–Trinajstić information content (AvgIpc) is 2.19. The fraction of sp³-hybridized carbons (Fsp3) is 0.300. The summed E-state index contributed by atoms with van der Waals surface area (Å²) in [4.78, 5) is 10.8. The van der Waals surface area contributed by atoms with E-state index in [1.165, 1.54) is 13.2 Å². The van der Waals surface area contributed by atoms with Crippen molar-refractivity contribution >= 4 is 21.9 Å². The molecule has 4 heteroatoms. The molecule has 0 aromatic heterocycles. The van der Waals surface area contributed by atoms with Gasteiger partial charge >= 0.3 is 5.97 Å². The third-order valence-electron chi connectivity index (χ3n) is 1.83. The van der Waals surface area contributed by atoms with E-state index in [4.69, 9.17) is 0 Å². The van der Waals surface area contributed by atoms with Crippen molar-refractivity contribution in [2.75, 3.05) is 7.11 Å². The van der Waals surface area contributed by atoms with Crippen molar-refractivity contribution in [2.24, 2.45) is 0 Å². The van der Waals surface area contributed by atoms with Crippen molar-refractivity contribution in [1.82, 2.24) is 0 Å². The minimum absolute atomic E-state index is 0.275. The van der Waals surface area contributed by atoms with Crippen LogP contribution in [0.3, 0.4) is 0 Å². The lowest BCUT2D eigenvalue weighted by Gasteiger charge is -2.01. The minimum atomic E-state index is -0.313. The molecule has 0 aliphatic heterocycles. The summed E-state index contributed by atoms with van der Waals surface area (Å²) in [5.74, 6) is -0.597. The maximum atomic E-state index is 13.0. The summed E-state index contributed by atoms with van der Waals surface area (Å²) in [7, 11) is 1.34. The van der Waals surface area contributed by atoms with Crippen molar-refractivity contribution in [3.8, 4) is 0 Å². The minimum Gasteiger partial charge on any atom is -0.469 e. The van der Waals surface area contributed by atoms with Crippen LogP contribution in [-0.2, 0) is 16.0 Å². The number of carbonyl (C=O) groups excluding carboxylic acids is 1. The highest BCUT2D eigenvalue weighted by Crippen LogP contribution is 2.17. The van der Waals surface area contributed by atoms with Crippen LogP contribution >= 0.6 is 15.9 Å². The van der Waals surface area contributed by atoms with Gasteiger partial charge in [-0.05, 0) is 40.0 Å². The maximum absolute atomic E-state index is 13.0.